The maximum Gasteiger partial charge on any atom is 0.224 e. The summed E-state index contributed by atoms with van der Waals surface area (Å²) in [7, 11) is 0. The van der Waals surface area contributed by atoms with Crippen LogP contribution in [-0.4, -0.2) is 9.13 Å². The van der Waals surface area contributed by atoms with Crippen LogP contribution in [0.2, 0.25) is 0 Å². The first kappa shape index (κ1) is 38.9. The van der Waals surface area contributed by atoms with Gasteiger partial charge in [-0.1, -0.05) is 155 Å². The molecule has 0 bridgehead atoms. The molecular weight excluding hydrogens is 556 g/mol. The predicted molar refractivity (Wildman–Crippen MR) is 193 cm³/mol. The number of nitrogens with zero attached hydrogens (tertiary/aromatic N) is 2. The van der Waals surface area contributed by atoms with E-state index < -0.39 is 0 Å². The van der Waals surface area contributed by atoms with Crippen molar-refractivity contribution >= 4 is 0 Å². The van der Waals surface area contributed by atoms with Gasteiger partial charge in [0.1, 0.15) is 0 Å². The van der Waals surface area contributed by atoms with Gasteiger partial charge in [0.2, 0.25) is 10.9 Å². The van der Waals surface area contributed by atoms with Crippen LogP contribution < -0.4 is 15.6 Å². The maximum atomic E-state index is 12.8. The van der Waals surface area contributed by atoms with E-state index in [4.69, 9.17) is 4.74 Å². The number of hydrogen-bond acceptors (Lipinski definition) is 3. The molecule has 2 heterocycles. The van der Waals surface area contributed by atoms with Crippen molar-refractivity contribution < 1.29 is 4.74 Å². The topological polar surface area (TPSA) is 53.2 Å². The SMILES string of the molecule is CCCCCCCCCCCCCCn1cc(Oc2cn(CCCCCCCCCCCCCC)c(C)cc2=O)c(=O)cc1C. The molecule has 0 saturated carbocycles. The Kier molecular flexibility index (Phi) is 21.5. The van der Waals surface area contributed by atoms with E-state index in [1.165, 1.54) is 141 Å². The minimum atomic E-state index is -0.175. The van der Waals surface area contributed by atoms with Crippen LogP contribution >= 0.6 is 0 Å². The second-order valence-electron chi connectivity index (χ2n) is 13.6. The molecule has 0 saturated heterocycles. The lowest BCUT2D eigenvalue weighted by Gasteiger charge is -2.15. The van der Waals surface area contributed by atoms with Crippen molar-refractivity contribution in [2.45, 2.75) is 195 Å². The largest absolute Gasteiger partial charge is 0.446 e. The highest BCUT2D eigenvalue weighted by Crippen LogP contribution is 2.18. The third kappa shape index (κ3) is 17.3. The van der Waals surface area contributed by atoms with Gasteiger partial charge in [-0.3, -0.25) is 9.59 Å². The summed E-state index contributed by atoms with van der Waals surface area (Å²) in [6.45, 7) is 10.2. The van der Waals surface area contributed by atoms with Gasteiger partial charge in [0.15, 0.2) is 11.5 Å². The molecule has 2 aromatic heterocycles. The molecule has 5 nitrogen and oxygen atoms in total. The second kappa shape index (κ2) is 24.9. The predicted octanol–water partition coefficient (Wildman–Crippen LogP) is 11.8. The van der Waals surface area contributed by atoms with Crippen molar-refractivity contribution in [2.24, 2.45) is 0 Å². The van der Waals surface area contributed by atoms with Gasteiger partial charge in [-0.15, -0.1) is 0 Å². The molecule has 0 unspecified atom stereocenters. The summed E-state index contributed by atoms with van der Waals surface area (Å²) in [6, 6.07) is 3.27. The molecule has 5 heteroatoms. The van der Waals surface area contributed by atoms with E-state index in [2.05, 4.69) is 23.0 Å². The Bertz CT molecular complexity index is 1060. The van der Waals surface area contributed by atoms with E-state index in [-0.39, 0.29) is 22.4 Å². The van der Waals surface area contributed by atoms with E-state index in [1.807, 2.05) is 13.8 Å². The van der Waals surface area contributed by atoms with Gasteiger partial charge in [-0.2, -0.15) is 0 Å². The monoisotopic (exact) mass is 625 g/mol. The first-order valence-corrected chi connectivity index (χ1v) is 19.1. The van der Waals surface area contributed by atoms with Gasteiger partial charge in [0.05, 0.1) is 12.4 Å². The maximum absolute atomic E-state index is 12.8. The lowest BCUT2D eigenvalue weighted by Crippen LogP contribution is -2.16. The summed E-state index contributed by atoms with van der Waals surface area (Å²) in [6.07, 6.45) is 35.3. The minimum absolute atomic E-state index is 0.175. The summed E-state index contributed by atoms with van der Waals surface area (Å²) in [5.74, 6) is 0.467. The molecule has 2 aromatic rings. The fraction of sp³-hybridized carbons (Fsp3) is 0.750. The van der Waals surface area contributed by atoms with Crippen molar-refractivity contribution in [2.75, 3.05) is 0 Å². The van der Waals surface area contributed by atoms with E-state index in [0.717, 1.165) is 37.3 Å². The Morgan fingerprint density at radius 1 is 0.444 bits per heavy atom. The first-order chi connectivity index (χ1) is 22.0. The summed E-state index contributed by atoms with van der Waals surface area (Å²) >= 11 is 0. The molecule has 2 rings (SSSR count). The fourth-order valence-electron chi connectivity index (χ4n) is 6.30. The minimum Gasteiger partial charge on any atom is -0.446 e. The fourth-order valence-corrected chi connectivity index (χ4v) is 6.30. The van der Waals surface area contributed by atoms with Gasteiger partial charge < -0.3 is 13.9 Å². The molecule has 0 N–H and O–H groups in total. The molecule has 45 heavy (non-hydrogen) atoms. The van der Waals surface area contributed by atoms with Crippen molar-refractivity contribution in [1.82, 2.24) is 9.13 Å². The van der Waals surface area contributed by atoms with Crippen LogP contribution in [-0.2, 0) is 13.1 Å². The zero-order valence-corrected chi connectivity index (χ0v) is 29.8. The van der Waals surface area contributed by atoms with Crippen molar-refractivity contribution in [3.8, 4) is 11.5 Å². The van der Waals surface area contributed by atoms with Crippen molar-refractivity contribution in [3.05, 3.63) is 56.4 Å². The highest BCUT2D eigenvalue weighted by Gasteiger charge is 2.11. The number of rotatable bonds is 28. The molecule has 0 aliphatic heterocycles. The molecule has 0 atom stereocenters. The highest BCUT2D eigenvalue weighted by atomic mass is 16.5. The quantitative estimate of drug-likeness (QED) is 0.0885. The molecular formula is C40H68N2O3. The van der Waals surface area contributed by atoms with E-state index >= 15 is 0 Å². The molecule has 0 fully saturated rings. The second-order valence-corrected chi connectivity index (χ2v) is 13.6. The normalized spacial score (nSPS) is 11.4. The molecule has 256 valence electrons. The van der Waals surface area contributed by atoms with Gasteiger partial charge in [-0.05, 0) is 26.7 Å². The summed E-state index contributed by atoms with van der Waals surface area (Å²) < 4.78 is 10.2. The van der Waals surface area contributed by atoms with E-state index in [9.17, 15) is 9.59 Å². The van der Waals surface area contributed by atoms with Crippen LogP contribution in [0.4, 0.5) is 0 Å². The average molecular weight is 625 g/mol. The zero-order valence-electron chi connectivity index (χ0n) is 29.8. The average Bonchev–Trinajstić information content (AvgIpc) is 3.02. The van der Waals surface area contributed by atoms with Gasteiger partial charge in [-0.25, -0.2) is 0 Å². The summed E-state index contributed by atoms with van der Waals surface area (Å²) in [4.78, 5) is 25.6. The van der Waals surface area contributed by atoms with Gasteiger partial charge in [0.25, 0.3) is 0 Å². The molecule has 0 aliphatic rings. The first-order valence-electron chi connectivity index (χ1n) is 19.1. The molecule has 0 aliphatic carbocycles. The zero-order chi connectivity index (χ0) is 32.5. The van der Waals surface area contributed by atoms with E-state index in [0.29, 0.717) is 0 Å². The number of unbranched alkanes of at least 4 members (excludes halogenated alkanes) is 22. The smallest absolute Gasteiger partial charge is 0.224 e. The number of aromatic nitrogens is 2. The summed E-state index contributed by atoms with van der Waals surface area (Å²) in [5.41, 5.74) is 1.52. The molecule has 0 radical (unpaired) electrons. The van der Waals surface area contributed by atoms with Crippen LogP contribution in [0, 0.1) is 13.8 Å². The lowest BCUT2D eigenvalue weighted by molar-refractivity contribution is 0.449. The standard InChI is InChI=1S/C40H68N2O3/c1-5-7-9-11-13-15-17-19-21-23-25-27-29-41-33-39(37(43)31-35(41)3)45-40-34-42(36(4)32-38(40)44)30-28-26-24-22-20-18-16-14-12-10-8-6-2/h31-34H,5-30H2,1-4H3. The molecule has 0 spiro atoms. The highest BCUT2D eigenvalue weighted by molar-refractivity contribution is 5.30. The van der Waals surface area contributed by atoms with Crippen LogP contribution in [0.5, 0.6) is 11.5 Å². The Balaban J connectivity index is 1.73. The molecule has 0 aromatic carbocycles. The third-order valence-electron chi connectivity index (χ3n) is 9.34. The van der Waals surface area contributed by atoms with Gasteiger partial charge >= 0.3 is 0 Å². The third-order valence-corrected chi connectivity index (χ3v) is 9.34. The Hall–Kier alpha value is -2.30. The van der Waals surface area contributed by atoms with Crippen molar-refractivity contribution in [3.63, 3.8) is 0 Å². The Morgan fingerprint density at radius 3 is 1.00 bits per heavy atom. The Labute approximate surface area is 276 Å². The van der Waals surface area contributed by atoms with Crippen LogP contribution in [0.15, 0.2) is 34.1 Å². The summed E-state index contributed by atoms with van der Waals surface area (Å²) in [5, 5.41) is 0. The van der Waals surface area contributed by atoms with Crippen molar-refractivity contribution in [1.29, 1.82) is 0 Å². The number of hydrogen-bond donors (Lipinski definition) is 0. The van der Waals surface area contributed by atoms with E-state index in [1.54, 1.807) is 24.5 Å². The number of aryl methyl sites for hydroxylation is 4. The van der Waals surface area contributed by atoms with Gasteiger partial charge in [0, 0.05) is 36.6 Å². The Morgan fingerprint density at radius 2 is 0.711 bits per heavy atom. The lowest BCUT2D eigenvalue weighted by atomic mass is 10.1. The van der Waals surface area contributed by atoms with Crippen LogP contribution in [0.3, 0.4) is 0 Å². The molecule has 0 amide bonds. The number of pyridine rings is 2. The van der Waals surface area contributed by atoms with Crippen LogP contribution in [0.25, 0.3) is 0 Å². The van der Waals surface area contributed by atoms with Crippen LogP contribution in [0.1, 0.15) is 179 Å². The number of ether oxygens (including phenoxy) is 1.